The lowest BCUT2D eigenvalue weighted by atomic mass is 9.70. The van der Waals surface area contributed by atoms with E-state index in [2.05, 4.69) is 10.6 Å². The van der Waals surface area contributed by atoms with E-state index in [1.54, 1.807) is 31.2 Å². The topological polar surface area (TPSA) is 142 Å². The predicted octanol–water partition coefficient (Wildman–Crippen LogP) is 3.64. The fourth-order valence-corrected chi connectivity index (χ4v) is 4.48. The number of hydrogen-bond acceptors (Lipinski definition) is 8. The van der Waals surface area contributed by atoms with Gasteiger partial charge in [0.05, 0.1) is 11.1 Å². The van der Waals surface area contributed by atoms with Crippen LogP contribution in [-0.4, -0.2) is 33.5 Å². The molecule has 35 heavy (non-hydrogen) atoms. The van der Waals surface area contributed by atoms with Crippen molar-refractivity contribution in [1.29, 1.82) is 0 Å². The van der Waals surface area contributed by atoms with Gasteiger partial charge in [0.15, 0.2) is 17.3 Å². The number of amides is 1. The summed E-state index contributed by atoms with van der Waals surface area (Å²) >= 11 is 0. The normalized spacial score (nSPS) is 19.9. The Labute approximate surface area is 201 Å². The van der Waals surface area contributed by atoms with Crippen molar-refractivity contribution in [2.75, 3.05) is 10.6 Å². The van der Waals surface area contributed by atoms with E-state index in [9.17, 15) is 29.4 Å². The molecule has 2 aromatic rings. The number of hydrogen-bond donors (Lipinski definition) is 4. The van der Waals surface area contributed by atoms with Gasteiger partial charge in [0.2, 0.25) is 5.91 Å². The molecule has 0 fully saturated rings. The van der Waals surface area contributed by atoms with Gasteiger partial charge >= 0.3 is 0 Å². The first-order valence-electron chi connectivity index (χ1n) is 10.8. The number of allylic oxidation sites excluding steroid dienone is 4. The highest BCUT2D eigenvalue weighted by Crippen LogP contribution is 2.57. The Bertz CT molecular complexity index is 1400. The van der Waals surface area contributed by atoms with Crippen LogP contribution in [0.1, 0.15) is 49.2 Å². The zero-order valence-electron chi connectivity index (χ0n) is 19.8. The maximum atomic E-state index is 13.8. The Morgan fingerprint density at radius 1 is 0.943 bits per heavy atom. The lowest BCUT2D eigenvalue weighted by Gasteiger charge is -2.29. The van der Waals surface area contributed by atoms with E-state index in [4.69, 9.17) is 4.74 Å². The highest BCUT2D eigenvalue weighted by atomic mass is 16.5. The first-order chi connectivity index (χ1) is 16.4. The monoisotopic (exact) mass is 476 g/mol. The SMILES string of the molecule is CC(=O)Nc1ccc(NC(C)=C2C(=O)C=C3Oc4c(C(C)=O)c(O)c(C)c(O)c4C3(C)C2=O)cc1. The van der Waals surface area contributed by atoms with E-state index in [0.717, 1.165) is 6.08 Å². The molecule has 2 aliphatic rings. The van der Waals surface area contributed by atoms with Crippen LogP contribution in [0.15, 0.2) is 47.4 Å². The predicted molar refractivity (Wildman–Crippen MR) is 128 cm³/mol. The van der Waals surface area contributed by atoms with Gasteiger partial charge in [-0.05, 0) is 52.0 Å². The second kappa shape index (κ2) is 8.12. The molecular weight excluding hydrogens is 452 g/mol. The van der Waals surface area contributed by atoms with Crippen molar-refractivity contribution in [2.24, 2.45) is 0 Å². The Kier molecular flexibility index (Phi) is 5.51. The number of ketones is 3. The van der Waals surface area contributed by atoms with Gasteiger partial charge in [-0.15, -0.1) is 0 Å². The zero-order chi connectivity index (χ0) is 25.8. The molecule has 9 heteroatoms. The van der Waals surface area contributed by atoms with Gasteiger partial charge in [0, 0.05) is 35.6 Å². The van der Waals surface area contributed by atoms with E-state index in [1.165, 1.54) is 27.7 Å². The summed E-state index contributed by atoms with van der Waals surface area (Å²) in [5.41, 5.74) is -0.359. The molecular formula is C26H24N2O7. The van der Waals surface area contributed by atoms with Crippen LogP contribution in [0.3, 0.4) is 0 Å². The second-order valence-corrected chi connectivity index (χ2v) is 8.77. The number of carbonyl (C=O) groups excluding carboxylic acids is 4. The van der Waals surface area contributed by atoms with E-state index in [0.29, 0.717) is 11.4 Å². The molecule has 1 heterocycles. The van der Waals surface area contributed by atoms with Gasteiger partial charge in [-0.25, -0.2) is 0 Å². The van der Waals surface area contributed by atoms with Gasteiger partial charge in [-0.3, -0.25) is 19.2 Å². The number of phenols is 2. The largest absolute Gasteiger partial charge is 0.507 e. The summed E-state index contributed by atoms with van der Waals surface area (Å²) in [6.45, 7) is 7.14. The Balaban J connectivity index is 1.81. The van der Waals surface area contributed by atoms with E-state index in [-0.39, 0.29) is 51.1 Å². The van der Waals surface area contributed by atoms with Crippen molar-refractivity contribution in [2.45, 2.75) is 40.0 Å². The molecule has 0 saturated heterocycles. The minimum absolute atomic E-state index is 0.0264. The number of ether oxygens (including phenoxy) is 1. The third-order valence-corrected chi connectivity index (χ3v) is 6.30. The molecule has 0 radical (unpaired) electrons. The van der Waals surface area contributed by atoms with Gasteiger partial charge in [-0.1, -0.05) is 0 Å². The smallest absolute Gasteiger partial charge is 0.221 e. The highest BCUT2D eigenvalue weighted by Gasteiger charge is 2.56. The number of nitrogens with one attached hydrogen (secondary N) is 2. The molecule has 4 N–H and O–H groups in total. The number of benzene rings is 2. The van der Waals surface area contributed by atoms with Crippen LogP contribution in [0.2, 0.25) is 0 Å². The van der Waals surface area contributed by atoms with Gasteiger partial charge < -0.3 is 25.6 Å². The molecule has 0 spiro atoms. The fraction of sp³-hybridized carbons (Fsp3) is 0.231. The number of carbonyl (C=O) groups is 4. The average molecular weight is 476 g/mol. The molecule has 0 aromatic heterocycles. The average Bonchev–Trinajstić information content (AvgIpc) is 3.06. The molecule has 1 atom stereocenters. The lowest BCUT2D eigenvalue weighted by Crippen LogP contribution is -2.40. The first kappa shape index (κ1) is 23.7. The molecule has 1 amide bonds. The quantitative estimate of drug-likeness (QED) is 0.298. The standard InChI is InChI=1S/C26H24N2O7/c1-11-22(32)20(13(3)29)24-21(23(11)33)26(5)18(35-24)10-17(31)19(25(26)34)12(2)27-15-6-8-16(9-7-15)28-14(4)30/h6-10,27,32-33H,1-5H3,(H,28,30). The van der Waals surface area contributed by atoms with Gasteiger partial charge in [0.1, 0.15) is 34.0 Å². The Morgan fingerprint density at radius 2 is 1.51 bits per heavy atom. The van der Waals surface area contributed by atoms with Crippen LogP contribution >= 0.6 is 0 Å². The molecule has 9 nitrogen and oxygen atoms in total. The van der Waals surface area contributed by atoms with Crippen LogP contribution < -0.4 is 15.4 Å². The van der Waals surface area contributed by atoms with E-state index < -0.39 is 28.5 Å². The molecule has 1 aliphatic carbocycles. The number of aromatic hydroxyl groups is 2. The number of phenolic OH excluding ortho intramolecular Hbond substituents is 2. The van der Waals surface area contributed by atoms with Crippen molar-refractivity contribution in [3.8, 4) is 17.2 Å². The number of Topliss-reactive ketones (excluding diaryl/α,β-unsaturated/α-hetero) is 2. The molecule has 4 rings (SSSR count). The summed E-state index contributed by atoms with van der Waals surface area (Å²) in [5, 5.41) is 27.0. The summed E-state index contributed by atoms with van der Waals surface area (Å²) in [7, 11) is 0. The molecule has 0 saturated carbocycles. The van der Waals surface area contributed by atoms with Gasteiger partial charge in [-0.2, -0.15) is 0 Å². The molecule has 1 aliphatic heterocycles. The summed E-state index contributed by atoms with van der Waals surface area (Å²) < 4.78 is 5.76. The summed E-state index contributed by atoms with van der Waals surface area (Å²) in [5.74, 6) is -2.92. The van der Waals surface area contributed by atoms with Crippen LogP contribution in [0, 0.1) is 6.92 Å². The number of anilines is 2. The molecule has 180 valence electrons. The first-order valence-corrected chi connectivity index (χ1v) is 10.8. The van der Waals surface area contributed by atoms with Crippen molar-refractivity contribution in [3.05, 3.63) is 64.1 Å². The third kappa shape index (κ3) is 3.56. The van der Waals surface area contributed by atoms with Crippen molar-refractivity contribution >= 4 is 34.6 Å². The van der Waals surface area contributed by atoms with Crippen LogP contribution in [-0.2, 0) is 19.8 Å². The van der Waals surface area contributed by atoms with Crippen molar-refractivity contribution in [3.63, 3.8) is 0 Å². The van der Waals surface area contributed by atoms with Crippen LogP contribution in [0.4, 0.5) is 11.4 Å². The Morgan fingerprint density at radius 3 is 2.06 bits per heavy atom. The molecule has 1 unspecified atom stereocenters. The summed E-state index contributed by atoms with van der Waals surface area (Å²) in [4.78, 5) is 50.3. The van der Waals surface area contributed by atoms with Crippen LogP contribution in [0.5, 0.6) is 17.2 Å². The maximum absolute atomic E-state index is 13.8. The second-order valence-electron chi connectivity index (χ2n) is 8.77. The third-order valence-electron chi connectivity index (χ3n) is 6.30. The highest BCUT2D eigenvalue weighted by molar-refractivity contribution is 6.31. The lowest BCUT2D eigenvalue weighted by molar-refractivity contribution is -0.123. The number of rotatable bonds is 4. The summed E-state index contributed by atoms with van der Waals surface area (Å²) in [6.07, 6.45) is 1.16. The zero-order valence-corrected chi connectivity index (χ0v) is 19.8. The van der Waals surface area contributed by atoms with E-state index >= 15 is 0 Å². The van der Waals surface area contributed by atoms with Crippen LogP contribution in [0.25, 0.3) is 0 Å². The minimum Gasteiger partial charge on any atom is -0.507 e. The fourth-order valence-electron chi connectivity index (χ4n) is 4.48. The minimum atomic E-state index is -1.58. The van der Waals surface area contributed by atoms with Gasteiger partial charge in [0.25, 0.3) is 0 Å². The molecule has 2 aromatic carbocycles. The van der Waals surface area contributed by atoms with E-state index in [1.807, 2.05) is 0 Å². The Hall–Kier alpha value is -4.40. The van der Waals surface area contributed by atoms with Crippen molar-refractivity contribution < 1.29 is 34.1 Å². The number of fused-ring (bicyclic) bond motifs is 3. The maximum Gasteiger partial charge on any atom is 0.221 e. The molecule has 0 bridgehead atoms. The summed E-state index contributed by atoms with van der Waals surface area (Å²) in [6, 6.07) is 6.70. The van der Waals surface area contributed by atoms with Crippen molar-refractivity contribution in [1.82, 2.24) is 0 Å².